The van der Waals surface area contributed by atoms with Crippen LogP contribution in [-0.4, -0.2) is 11.5 Å². The molecule has 0 amide bonds. The molecule has 0 saturated carbocycles. The third-order valence-corrected chi connectivity index (χ3v) is 5.58. The van der Waals surface area contributed by atoms with Gasteiger partial charge in [0.2, 0.25) is 0 Å². The fourth-order valence-electron chi connectivity index (χ4n) is 3.75. The van der Waals surface area contributed by atoms with Crippen molar-refractivity contribution >= 4 is 34.1 Å². The molecule has 2 aromatic carbocycles. The van der Waals surface area contributed by atoms with Crippen LogP contribution in [0.4, 0.5) is 0 Å². The van der Waals surface area contributed by atoms with Crippen molar-refractivity contribution < 1.29 is 0 Å². The Morgan fingerprint density at radius 1 is 1.00 bits per heavy atom. The van der Waals surface area contributed by atoms with Crippen LogP contribution in [0.3, 0.4) is 0 Å². The van der Waals surface area contributed by atoms with Crippen LogP contribution in [0.2, 0.25) is 10.0 Å². The number of nitrogens with two attached hydrogens (primary N) is 1. The second-order valence-corrected chi connectivity index (χ2v) is 7.57. The first kappa shape index (κ1) is 18.3. The van der Waals surface area contributed by atoms with E-state index >= 15 is 0 Å². The van der Waals surface area contributed by atoms with Crippen molar-refractivity contribution in [1.82, 2.24) is 4.98 Å². The molecule has 0 fully saturated rings. The Labute approximate surface area is 159 Å². The highest BCUT2D eigenvalue weighted by Crippen LogP contribution is 2.39. The fourth-order valence-corrected chi connectivity index (χ4v) is 4.12. The molecule has 0 radical (unpaired) electrons. The van der Waals surface area contributed by atoms with E-state index in [9.17, 15) is 0 Å². The van der Waals surface area contributed by atoms with E-state index in [0.717, 1.165) is 35.9 Å². The highest BCUT2D eigenvalue weighted by Gasteiger charge is 2.19. The summed E-state index contributed by atoms with van der Waals surface area (Å²) in [4.78, 5) is 3.57. The molecule has 3 aromatic rings. The second kappa shape index (κ2) is 7.41. The third kappa shape index (κ3) is 3.44. The maximum Gasteiger partial charge on any atom is 0.0833 e. The maximum atomic E-state index is 6.48. The van der Waals surface area contributed by atoms with Gasteiger partial charge >= 0.3 is 0 Å². The van der Waals surface area contributed by atoms with E-state index in [1.54, 1.807) is 0 Å². The number of aromatic nitrogens is 1. The van der Waals surface area contributed by atoms with E-state index < -0.39 is 0 Å². The van der Waals surface area contributed by atoms with Crippen LogP contribution in [0.25, 0.3) is 22.2 Å². The number of nitrogens with one attached hydrogen (secondary N) is 1. The number of rotatable bonds is 5. The Balaban J connectivity index is 2.26. The van der Waals surface area contributed by atoms with Gasteiger partial charge in [0.1, 0.15) is 0 Å². The first-order chi connectivity index (χ1) is 11.9. The Morgan fingerprint density at radius 2 is 1.68 bits per heavy atom. The van der Waals surface area contributed by atoms with Gasteiger partial charge in [-0.15, -0.1) is 0 Å². The van der Waals surface area contributed by atoms with Crippen molar-refractivity contribution in [1.29, 1.82) is 0 Å². The normalized spacial score (nSPS) is 11.4. The molecule has 0 saturated heterocycles. The van der Waals surface area contributed by atoms with E-state index in [1.165, 1.54) is 27.8 Å². The molecule has 3 N–H and O–H groups in total. The molecule has 0 aliphatic rings. The number of hydrogen-bond acceptors (Lipinski definition) is 1. The zero-order valence-corrected chi connectivity index (χ0v) is 16.5. The predicted octanol–water partition coefficient (Wildman–Crippen LogP) is 6.35. The average Bonchev–Trinajstić information content (AvgIpc) is 2.90. The Bertz CT molecular complexity index is 902. The zero-order valence-electron chi connectivity index (χ0n) is 15.0. The minimum absolute atomic E-state index is 0.577. The van der Waals surface area contributed by atoms with Gasteiger partial charge in [0.25, 0.3) is 0 Å². The molecule has 25 heavy (non-hydrogen) atoms. The van der Waals surface area contributed by atoms with Gasteiger partial charge in [-0.25, -0.2) is 0 Å². The summed E-state index contributed by atoms with van der Waals surface area (Å²) in [5, 5.41) is 2.32. The number of aromatic amines is 1. The lowest BCUT2D eigenvalue weighted by molar-refractivity contribution is 0.748. The lowest BCUT2D eigenvalue weighted by Crippen LogP contribution is -2.00. The van der Waals surface area contributed by atoms with Crippen LogP contribution in [0.1, 0.15) is 35.1 Å². The Kier molecular flexibility index (Phi) is 5.43. The molecule has 132 valence electrons. The number of benzene rings is 2. The minimum atomic E-state index is 0.577. The molecule has 0 spiro atoms. The van der Waals surface area contributed by atoms with Gasteiger partial charge in [0.05, 0.1) is 21.3 Å². The number of fused-ring (bicyclic) bond motifs is 1. The smallest absolute Gasteiger partial charge is 0.0833 e. The standard InChI is InChI=1S/C21H24Cl2N2/c1-12-10-13(2)18(14(3)11-12)20-15(6-4-5-9-24)16-7-8-17(22)19(23)21(16)25-20/h7-8,10-11,25H,4-6,9,24H2,1-3H3. The number of aryl methyl sites for hydroxylation is 4. The predicted molar refractivity (Wildman–Crippen MR) is 110 cm³/mol. The van der Waals surface area contributed by atoms with Crippen LogP contribution in [0.15, 0.2) is 24.3 Å². The molecule has 4 heteroatoms. The van der Waals surface area contributed by atoms with E-state index in [0.29, 0.717) is 16.6 Å². The van der Waals surface area contributed by atoms with Crippen LogP contribution < -0.4 is 5.73 Å². The zero-order chi connectivity index (χ0) is 18.1. The van der Waals surface area contributed by atoms with Crippen molar-refractivity contribution in [3.63, 3.8) is 0 Å². The summed E-state index contributed by atoms with van der Waals surface area (Å²) >= 11 is 12.7. The summed E-state index contributed by atoms with van der Waals surface area (Å²) in [6.07, 6.45) is 3.04. The maximum absolute atomic E-state index is 6.48. The van der Waals surface area contributed by atoms with Crippen LogP contribution >= 0.6 is 23.2 Å². The topological polar surface area (TPSA) is 41.8 Å². The van der Waals surface area contributed by atoms with Crippen molar-refractivity contribution in [3.8, 4) is 11.3 Å². The van der Waals surface area contributed by atoms with Gasteiger partial charge in [-0.05, 0) is 69.3 Å². The molecule has 0 aliphatic carbocycles. The molecule has 3 rings (SSSR count). The molecule has 1 heterocycles. The fraction of sp³-hybridized carbons (Fsp3) is 0.333. The molecule has 2 nitrogen and oxygen atoms in total. The van der Waals surface area contributed by atoms with Gasteiger partial charge < -0.3 is 10.7 Å². The van der Waals surface area contributed by atoms with Gasteiger partial charge in [-0.3, -0.25) is 0 Å². The van der Waals surface area contributed by atoms with E-state index in [-0.39, 0.29) is 0 Å². The average molecular weight is 375 g/mol. The first-order valence-electron chi connectivity index (χ1n) is 8.71. The number of hydrogen-bond donors (Lipinski definition) is 2. The molecular formula is C21H24Cl2N2. The van der Waals surface area contributed by atoms with Gasteiger partial charge in [0, 0.05) is 10.9 Å². The summed E-state index contributed by atoms with van der Waals surface area (Å²) in [5.41, 5.74) is 14.2. The van der Waals surface area contributed by atoms with Gasteiger partial charge in [0.15, 0.2) is 0 Å². The van der Waals surface area contributed by atoms with E-state index in [4.69, 9.17) is 28.9 Å². The first-order valence-corrected chi connectivity index (χ1v) is 9.46. The van der Waals surface area contributed by atoms with Crippen molar-refractivity contribution in [2.75, 3.05) is 6.54 Å². The van der Waals surface area contributed by atoms with Crippen LogP contribution in [0.5, 0.6) is 0 Å². The van der Waals surface area contributed by atoms with Crippen molar-refractivity contribution in [2.45, 2.75) is 40.0 Å². The largest absolute Gasteiger partial charge is 0.353 e. The SMILES string of the molecule is Cc1cc(C)c(-c2[nH]c3c(Cl)c(Cl)ccc3c2CCCCN)c(C)c1. The van der Waals surface area contributed by atoms with Crippen molar-refractivity contribution in [2.24, 2.45) is 5.73 Å². The number of halogens is 2. The van der Waals surface area contributed by atoms with Gasteiger partial charge in [-0.1, -0.05) is 47.0 Å². The highest BCUT2D eigenvalue weighted by atomic mass is 35.5. The van der Waals surface area contributed by atoms with E-state index in [2.05, 4.69) is 44.0 Å². The summed E-state index contributed by atoms with van der Waals surface area (Å²) in [7, 11) is 0. The summed E-state index contributed by atoms with van der Waals surface area (Å²) in [6, 6.07) is 8.41. The van der Waals surface area contributed by atoms with Crippen LogP contribution in [-0.2, 0) is 6.42 Å². The summed E-state index contributed by atoms with van der Waals surface area (Å²) in [6.45, 7) is 7.18. The van der Waals surface area contributed by atoms with Gasteiger partial charge in [-0.2, -0.15) is 0 Å². The molecule has 0 aliphatic heterocycles. The highest BCUT2D eigenvalue weighted by molar-refractivity contribution is 6.45. The number of unbranched alkanes of at least 4 members (excludes halogenated alkanes) is 1. The molecule has 0 atom stereocenters. The quantitative estimate of drug-likeness (QED) is 0.502. The third-order valence-electron chi connectivity index (χ3n) is 4.78. The molecule has 0 unspecified atom stereocenters. The minimum Gasteiger partial charge on any atom is -0.353 e. The lowest BCUT2D eigenvalue weighted by atomic mass is 9.93. The molecule has 0 bridgehead atoms. The summed E-state index contributed by atoms with van der Waals surface area (Å²) < 4.78 is 0. The second-order valence-electron chi connectivity index (χ2n) is 6.78. The Hall–Kier alpha value is -1.48. The molecular weight excluding hydrogens is 351 g/mol. The monoisotopic (exact) mass is 374 g/mol. The summed E-state index contributed by atoms with van der Waals surface area (Å²) in [5.74, 6) is 0. The number of H-pyrrole nitrogens is 1. The lowest BCUT2D eigenvalue weighted by Gasteiger charge is -2.13. The van der Waals surface area contributed by atoms with E-state index in [1.807, 2.05) is 6.07 Å². The van der Waals surface area contributed by atoms with Crippen LogP contribution in [0, 0.1) is 20.8 Å². The van der Waals surface area contributed by atoms with Crippen molar-refractivity contribution in [3.05, 3.63) is 56.6 Å². The Morgan fingerprint density at radius 3 is 2.32 bits per heavy atom. The molecule has 1 aromatic heterocycles.